The van der Waals surface area contributed by atoms with Crippen molar-refractivity contribution in [2.45, 2.75) is 0 Å². The Hall–Kier alpha value is 1.69. The fraction of sp³-hybridized carbons (Fsp3) is 0. The molecule has 0 fully saturated rings. The van der Waals surface area contributed by atoms with Crippen molar-refractivity contribution in [3.05, 3.63) is 0 Å². The third-order valence-corrected chi connectivity index (χ3v) is 0. The van der Waals surface area contributed by atoms with E-state index in [2.05, 4.69) is 0 Å². The molecule has 4 heteroatoms. The van der Waals surface area contributed by atoms with Crippen LogP contribution in [0.2, 0.25) is 0 Å². The first-order chi connectivity index (χ1) is 0. The standard InChI is InChI=1S/BrH.2FH.Nd/h3*1H;/q;;;+3/p-3. The Morgan fingerprint density at radius 2 is 0.750 bits per heavy atom. The third kappa shape index (κ3) is 9.35. The van der Waals surface area contributed by atoms with Gasteiger partial charge in [0.25, 0.3) is 0 Å². The molecule has 25 valence electrons. The van der Waals surface area contributed by atoms with Crippen LogP contribution >= 0.6 is 0 Å². The summed E-state index contributed by atoms with van der Waals surface area (Å²) in [6.07, 6.45) is 0. The Morgan fingerprint density at radius 3 is 0.750 bits per heavy atom. The molecule has 0 aliphatic carbocycles. The van der Waals surface area contributed by atoms with E-state index in [-0.39, 0.29) is 67.2 Å². The molecule has 0 aromatic carbocycles. The Morgan fingerprint density at radius 1 is 0.750 bits per heavy atom. The van der Waals surface area contributed by atoms with E-state index >= 15 is 0 Å². The second-order valence-electron chi connectivity index (χ2n) is 0. The van der Waals surface area contributed by atoms with Crippen molar-refractivity contribution in [3.63, 3.8) is 0 Å². The predicted octanol–water partition coefficient (Wildman–Crippen LogP) is -8.99. The Labute approximate surface area is 66.4 Å². The molecule has 0 saturated heterocycles. The van der Waals surface area contributed by atoms with E-state index in [0.29, 0.717) is 0 Å². The zero-order valence-corrected chi connectivity index (χ0v) is 6.43. The van der Waals surface area contributed by atoms with Crippen molar-refractivity contribution in [2.24, 2.45) is 0 Å². The number of hydrogen-bond donors (Lipinski definition) is 0. The van der Waals surface area contributed by atoms with E-state index in [1.807, 2.05) is 0 Å². The molecular weight excluding hydrogens is 262 g/mol. The van der Waals surface area contributed by atoms with Crippen molar-refractivity contribution in [2.75, 3.05) is 0 Å². The minimum Gasteiger partial charge on any atom is -1.00 e. The van der Waals surface area contributed by atoms with Crippen LogP contribution in [-0.2, 0) is 0 Å². The molecule has 0 N–H and O–H groups in total. The van der Waals surface area contributed by atoms with Gasteiger partial charge in [-0.15, -0.1) is 0 Å². The molecule has 0 saturated carbocycles. The quantitative estimate of drug-likeness (QED) is 0.407. The van der Waals surface area contributed by atoms with Crippen LogP contribution in [0.15, 0.2) is 0 Å². The van der Waals surface area contributed by atoms with Gasteiger partial charge in [0.2, 0.25) is 0 Å². The summed E-state index contributed by atoms with van der Waals surface area (Å²) in [6, 6.07) is 0. The van der Waals surface area contributed by atoms with Crippen molar-refractivity contribution in [3.8, 4) is 0 Å². The molecule has 0 amide bonds. The minimum absolute atomic E-state index is 0. The van der Waals surface area contributed by atoms with Gasteiger partial charge in [-0.2, -0.15) is 0 Å². The molecule has 0 unspecified atom stereocenters. The first kappa shape index (κ1) is 43.8. The summed E-state index contributed by atoms with van der Waals surface area (Å²) in [5.74, 6) is 0. The summed E-state index contributed by atoms with van der Waals surface area (Å²) in [4.78, 5) is 0. The molecule has 0 aromatic heterocycles. The van der Waals surface area contributed by atoms with Gasteiger partial charge in [0.05, 0.1) is 0 Å². The van der Waals surface area contributed by atoms with Gasteiger partial charge in [-0.1, -0.05) is 0 Å². The first-order valence-corrected chi connectivity index (χ1v) is 0. The summed E-state index contributed by atoms with van der Waals surface area (Å²) >= 11 is 0. The van der Waals surface area contributed by atoms with Gasteiger partial charge in [-0.3, -0.25) is 0 Å². The Bertz CT molecular complexity index is 6.00. The number of halogens is 3. The fourth-order valence-corrected chi connectivity index (χ4v) is 0. The Balaban J connectivity index is 0. The van der Waals surface area contributed by atoms with Crippen LogP contribution in [-0.4, -0.2) is 0 Å². The van der Waals surface area contributed by atoms with Gasteiger partial charge in [-0.05, 0) is 0 Å². The summed E-state index contributed by atoms with van der Waals surface area (Å²) in [6.45, 7) is 0. The third-order valence-electron chi connectivity index (χ3n) is 0. The van der Waals surface area contributed by atoms with Crippen LogP contribution in [0.25, 0.3) is 0 Å². The maximum absolute atomic E-state index is 0. The minimum atomic E-state index is 0. The van der Waals surface area contributed by atoms with E-state index in [1.54, 1.807) is 0 Å². The molecule has 0 spiro atoms. The van der Waals surface area contributed by atoms with Crippen molar-refractivity contribution >= 4 is 0 Å². The molecule has 0 aliphatic rings. The fourth-order valence-electron chi connectivity index (χ4n) is 0. The second kappa shape index (κ2) is 22.4. The predicted molar refractivity (Wildman–Crippen MR) is 0 cm³/mol. The van der Waals surface area contributed by atoms with E-state index in [0.717, 1.165) is 0 Å². The largest absolute Gasteiger partial charge is 3.00 e. The number of rotatable bonds is 0. The van der Waals surface area contributed by atoms with E-state index in [4.69, 9.17) is 0 Å². The zero-order chi connectivity index (χ0) is 0. The summed E-state index contributed by atoms with van der Waals surface area (Å²) in [5, 5.41) is 0. The van der Waals surface area contributed by atoms with Crippen LogP contribution in [0.3, 0.4) is 0 Å². The van der Waals surface area contributed by atoms with Gasteiger partial charge in [-0.25, -0.2) is 0 Å². The van der Waals surface area contributed by atoms with Gasteiger partial charge in [0.15, 0.2) is 0 Å². The van der Waals surface area contributed by atoms with Crippen molar-refractivity contribution < 1.29 is 67.2 Å². The van der Waals surface area contributed by atoms with Crippen LogP contribution in [0.1, 0.15) is 0 Å². The van der Waals surface area contributed by atoms with E-state index < -0.39 is 0 Å². The summed E-state index contributed by atoms with van der Waals surface area (Å²) in [7, 11) is 0. The molecular formula is BrF2Nd. The van der Waals surface area contributed by atoms with E-state index in [9.17, 15) is 0 Å². The van der Waals surface area contributed by atoms with Crippen LogP contribution in [0.5, 0.6) is 0 Å². The maximum Gasteiger partial charge on any atom is 3.00 e. The van der Waals surface area contributed by atoms with Gasteiger partial charge in [0, 0.05) is 0 Å². The molecule has 0 aliphatic heterocycles. The topological polar surface area (TPSA) is 0 Å². The average Bonchev–Trinajstić information content (AvgIpc) is 0. The molecule has 0 bridgehead atoms. The van der Waals surface area contributed by atoms with Crippen molar-refractivity contribution in [1.82, 2.24) is 0 Å². The van der Waals surface area contributed by atoms with Crippen molar-refractivity contribution in [1.29, 1.82) is 0 Å². The van der Waals surface area contributed by atoms with Gasteiger partial charge in [0.1, 0.15) is 0 Å². The van der Waals surface area contributed by atoms with E-state index in [1.165, 1.54) is 0 Å². The van der Waals surface area contributed by atoms with Gasteiger partial charge >= 0.3 is 40.8 Å². The number of hydrogen-bond acceptors (Lipinski definition) is 0. The van der Waals surface area contributed by atoms with Crippen LogP contribution in [0, 0.1) is 40.8 Å². The summed E-state index contributed by atoms with van der Waals surface area (Å²) < 4.78 is 0. The van der Waals surface area contributed by atoms with Gasteiger partial charge < -0.3 is 26.4 Å². The Kier molecular flexibility index (Phi) is 245. The van der Waals surface area contributed by atoms with Crippen LogP contribution in [0.4, 0.5) is 0 Å². The smallest absolute Gasteiger partial charge is 1.00 e. The molecule has 0 rings (SSSR count). The molecule has 0 aromatic rings. The normalized spacial score (nSPS) is 0. The SMILES string of the molecule is [Br-].[F-].[F-].[Nd+3]. The second-order valence-corrected chi connectivity index (χ2v) is 0. The molecule has 4 heavy (non-hydrogen) atoms. The zero-order valence-electron chi connectivity index (χ0n) is 1.63. The maximum atomic E-state index is 0. The van der Waals surface area contributed by atoms with Crippen LogP contribution < -0.4 is 26.4 Å². The monoisotopic (exact) mass is 259 g/mol. The first-order valence-electron chi connectivity index (χ1n) is 0. The molecule has 0 atom stereocenters. The molecule has 0 heterocycles. The average molecular weight is 262 g/mol. The molecule has 1 radical (unpaired) electrons. The summed E-state index contributed by atoms with van der Waals surface area (Å²) in [5.41, 5.74) is 0. The molecule has 0 nitrogen and oxygen atoms in total.